The van der Waals surface area contributed by atoms with Crippen molar-refractivity contribution in [3.8, 4) is 5.75 Å². The summed E-state index contributed by atoms with van der Waals surface area (Å²) in [4.78, 5) is 0. The van der Waals surface area contributed by atoms with Crippen LogP contribution in [0.25, 0.3) is 0 Å². The number of hydrogen-bond acceptors (Lipinski definition) is 3. The van der Waals surface area contributed by atoms with Crippen molar-refractivity contribution in [1.82, 2.24) is 0 Å². The Morgan fingerprint density at radius 2 is 2.05 bits per heavy atom. The van der Waals surface area contributed by atoms with Crippen LogP contribution in [0.5, 0.6) is 5.75 Å². The zero-order valence-electron chi connectivity index (χ0n) is 11.0. The molecular formula is C15H21FO3. The van der Waals surface area contributed by atoms with E-state index in [2.05, 4.69) is 0 Å². The molecule has 0 heterocycles. The van der Waals surface area contributed by atoms with Crippen molar-refractivity contribution in [3.63, 3.8) is 0 Å². The zero-order chi connectivity index (χ0) is 13.7. The molecule has 4 heteroatoms. The number of ether oxygens (including phenoxy) is 1. The zero-order valence-corrected chi connectivity index (χ0v) is 11.0. The highest BCUT2D eigenvalue weighted by molar-refractivity contribution is 5.33. The number of hydrogen-bond donors (Lipinski definition) is 2. The molecule has 106 valence electrons. The molecule has 0 aliphatic heterocycles. The summed E-state index contributed by atoms with van der Waals surface area (Å²) >= 11 is 0. The highest BCUT2D eigenvalue weighted by Gasteiger charge is 2.19. The minimum absolute atomic E-state index is 0.190. The largest absolute Gasteiger partial charge is 0.491 e. The van der Waals surface area contributed by atoms with Gasteiger partial charge in [-0.15, -0.1) is 0 Å². The molecule has 1 aliphatic rings. The molecule has 0 aromatic heterocycles. The third-order valence-electron chi connectivity index (χ3n) is 3.70. The molecular weight excluding hydrogens is 247 g/mol. The Balaban J connectivity index is 1.83. The molecule has 1 fully saturated rings. The van der Waals surface area contributed by atoms with E-state index in [1.165, 1.54) is 43.9 Å². The monoisotopic (exact) mass is 268 g/mol. The Hall–Kier alpha value is -1.13. The minimum Gasteiger partial charge on any atom is -0.491 e. The number of aliphatic hydroxyl groups excluding tert-OH is 2. The minimum atomic E-state index is -0.500. The van der Waals surface area contributed by atoms with Gasteiger partial charge in [-0.1, -0.05) is 25.7 Å². The van der Waals surface area contributed by atoms with Crippen LogP contribution in [-0.2, 0) is 6.61 Å². The Kier molecular flexibility index (Phi) is 5.16. The van der Waals surface area contributed by atoms with E-state index in [-0.39, 0.29) is 13.2 Å². The molecule has 0 bridgehead atoms. The third kappa shape index (κ3) is 4.18. The normalized spacial score (nSPS) is 17.6. The lowest BCUT2D eigenvalue weighted by molar-refractivity contribution is 0.0843. The maximum absolute atomic E-state index is 13.0. The molecule has 1 aliphatic carbocycles. The SMILES string of the molecule is OCc1cc(F)ccc1OCC(O)CC1CCCC1. The third-order valence-corrected chi connectivity index (χ3v) is 3.70. The van der Waals surface area contributed by atoms with E-state index in [0.717, 1.165) is 6.42 Å². The molecule has 3 nitrogen and oxygen atoms in total. The topological polar surface area (TPSA) is 49.7 Å². The van der Waals surface area contributed by atoms with E-state index >= 15 is 0 Å². The average Bonchev–Trinajstić information content (AvgIpc) is 2.90. The Morgan fingerprint density at radius 3 is 2.74 bits per heavy atom. The standard InChI is InChI=1S/C15H21FO3/c16-13-5-6-15(12(8-13)9-17)19-10-14(18)7-11-3-1-2-4-11/h5-6,8,11,14,17-18H,1-4,7,9-10H2. The Labute approximate surface area is 113 Å². The van der Waals surface area contributed by atoms with Crippen molar-refractivity contribution in [2.24, 2.45) is 5.92 Å². The molecule has 0 spiro atoms. The van der Waals surface area contributed by atoms with Crippen LogP contribution in [0.4, 0.5) is 4.39 Å². The summed E-state index contributed by atoms with van der Waals surface area (Å²) in [5.74, 6) is 0.640. The summed E-state index contributed by atoms with van der Waals surface area (Å²) in [5, 5.41) is 19.1. The van der Waals surface area contributed by atoms with Gasteiger partial charge in [-0.25, -0.2) is 4.39 Å². The van der Waals surface area contributed by atoms with Crippen molar-refractivity contribution in [2.45, 2.75) is 44.8 Å². The van der Waals surface area contributed by atoms with Crippen molar-refractivity contribution < 1.29 is 19.3 Å². The van der Waals surface area contributed by atoms with Crippen LogP contribution in [0.3, 0.4) is 0 Å². The summed E-state index contributed by atoms with van der Waals surface area (Å²) in [6.45, 7) is -0.0824. The average molecular weight is 268 g/mol. The fourth-order valence-corrected chi connectivity index (χ4v) is 2.70. The smallest absolute Gasteiger partial charge is 0.125 e. The molecule has 1 atom stereocenters. The molecule has 2 rings (SSSR count). The number of halogens is 1. The fourth-order valence-electron chi connectivity index (χ4n) is 2.70. The maximum Gasteiger partial charge on any atom is 0.125 e. The summed E-state index contributed by atoms with van der Waals surface area (Å²) in [5.41, 5.74) is 0.410. The van der Waals surface area contributed by atoms with Gasteiger partial charge in [0.2, 0.25) is 0 Å². The maximum atomic E-state index is 13.0. The van der Waals surface area contributed by atoms with Crippen LogP contribution < -0.4 is 4.74 Å². The predicted molar refractivity (Wildman–Crippen MR) is 70.4 cm³/mol. The summed E-state index contributed by atoms with van der Waals surface area (Å²) in [7, 11) is 0. The van der Waals surface area contributed by atoms with E-state index in [1.54, 1.807) is 0 Å². The van der Waals surface area contributed by atoms with Gasteiger partial charge in [0.15, 0.2) is 0 Å². The second kappa shape index (κ2) is 6.87. The molecule has 1 aromatic rings. The molecule has 1 aromatic carbocycles. The van der Waals surface area contributed by atoms with Crippen molar-refractivity contribution in [2.75, 3.05) is 6.61 Å². The highest BCUT2D eigenvalue weighted by atomic mass is 19.1. The van der Waals surface area contributed by atoms with Crippen molar-refractivity contribution in [3.05, 3.63) is 29.6 Å². The van der Waals surface area contributed by atoms with Crippen LogP contribution in [0.2, 0.25) is 0 Å². The van der Waals surface area contributed by atoms with E-state index in [1.807, 2.05) is 0 Å². The molecule has 0 saturated heterocycles. The second-order valence-electron chi connectivity index (χ2n) is 5.26. The quantitative estimate of drug-likeness (QED) is 0.834. The van der Waals surface area contributed by atoms with Gasteiger partial charge < -0.3 is 14.9 Å². The first-order chi connectivity index (χ1) is 9.19. The van der Waals surface area contributed by atoms with Crippen LogP contribution in [0.1, 0.15) is 37.7 Å². The molecule has 1 unspecified atom stereocenters. The van der Waals surface area contributed by atoms with Gasteiger partial charge in [-0.05, 0) is 30.5 Å². The summed E-state index contributed by atoms with van der Waals surface area (Å²) < 4.78 is 18.5. The molecule has 0 radical (unpaired) electrons. The first kappa shape index (κ1) is 14.3. The van der Waals surface area contributed by atoms with Gasteiger partial charge in [-0.3, -0.25) is 0 Å². The van der Waals surface area contributed by atoms with Gasteiger partial charge in [0.05, 0.1) is 12.7 Å². The number of aliphatic hydroxyl groups is 2. The second-order valence-corrected chi connectivity index (χ2v) is 5.26. The Bertz CT molecular complexity index is 402. The van der Waals surface area contributed by atoms with Gasteiger partial charge in [0.25, 0.3) is 0 Å². The fraction of sp³-hybridized carbons (Fsp3) is 0.600. The first-order valence-electron chi connectivity index (χ1n) is 6.89. The van der Waals surface area contributed by atoms with Crippen molar-refractivity contribution >= 4 is 0 Å². The van der Waals surface area contributed by atoms with Crippen molar-refractivity contribution in [1.29, 1.82) is 0 Å². The van der Waals surface area contributed by atoms with Crippen LogP contribution in [-0.4, -0.2) is 22.9 Å². The molecule has 0 amide bonds. The lowest BCUT2D eigenvalue weighted by atomic mass is 10.0. The van der Waals surface area contributed by atoms with Crippen LogP contribution in [0, 0.1) is 11.7 Å². The lowest BCUT2D eigenvalue weighted by Crippen LogP contribution is -2.20. The van der Waals surface area contributed by atoms with Gasteiger partial charge >= 0.3 is 0 Å². The predicted octanol–water partition coefficient (Wildman–Crippen LogP) is 2.64. The van der Waals surface area contributed by atoms with E-state index in [4.69, 9.17) is 9.84 Å². The van der Waals surface area contributed by atoms with Crippen LogP contribution >= 0.6 is 0 Å². The lowest BCUT2D eigenvalue weighted by Gasteiger charge is -2.17. The number of rotatable bonds is 6. The van der Waals surface area contributed by atoms with Gasteiger partial charge in [0, 0.05) is 5.56 Å². The first-order valence-corrected chi connectivity index (χ1v) is 6.89. The number of benzene rings is 1. The van der Waals surface area contributed by atoms with Gasteiger partial charge in [-0.2, -0.15) is 0 Å². The summed E-state index contributed by atoms with van der Waals surface area (Å²) in [6, 6.07) is 4.03. The molecule has 2 N–H and O–H groups in total. The molecule has 1 saturated carbocycles. The highest BCUT2D eigenvalue weighted by Crippen LogP contribution is 2.29. The molecule has 19 heavy (non-hydrogen) atoms. The summed E-state index contributed by atoms with van der Waals surface area (Å²) in [6.07, 6.45) is 5.15. The van der Waals surface area contributed by atoms with Crippen LogP contribution in [0.15, 0.2) is 18.2 Å². The van der Waals surface area contributed by atoms with Gasteiger partial charge in [0.1, 0.15) is 18.2 Å². The Morgan fingerprint density at radius 1 is 1.32 bits per heavy atom. The van der Waals surface area contributed by atoms with E-state index in [9.17, 15) is 9.50 Å². The van der Waals surface area contributed by atoms with E-state index < -0.39 is 11.9 Å². The van der Waals surface area contributed by atoms with E-state index in [0.29, 0.717) is 17.2 Å².